The van der Waals surface area contributed by atoms with Gasteiger partial charge in [0.15, 0.2) is 0 Å². The number of rotatable bonds is 2. The smallest absolute Gasteiger partial charge is 0.220 e. The minimum absolute atomic E-state index is 0.141. The number of ether oxygens (including phenoxy) is 1. The third-order valence-electron chi connectivity index (χ3n) is 3.88. The van der Waals surface area contributed by atoms with Crippen LogP contribution in [-0.2, 0) is 4.74 Å². The highest BCUT2D eigenvalue weighted by molar-refractivity contribution is 5.97. The van der Waals surface area contributed by atoms with Crippen molar-refractivity contribution in [3.05, 3.63) is 29.8 Å². The number of aliphatic imine (C=N–C) groups is 1. The Balaban J connectivity index is 1.80. The SMILES string of the molecule is NCC1CCC2N=C(c3ccccc3O)OC2C1. The molecule has 0 spiro atoms. The number of nitrogens with two attached hydrogens (primary N) is 1. The second-order valence-electron chi connectivity index (χ2n) is 5.09. The first-order valence-electron chi connectivity index (χ1n) is 6.51. The molecule has 4 nitrogen and oxygen atoms in total. The molecule has 1 aliphatic carbocycles. The molecule has 1 aromatic carbocycles. The Labute approximate surface area is 106 Å². The molecular weight excluding hydrogens is 228 g/mol. The van der Waals surface area contributed by atoms with Gasteiger partial charge in [0.1, 0.15) is 11.9 Å². The van der Waals surface area contributed by atoms with E-state index < -0.39 is 0 Å². The van der Waals surface area contributed by atoms with Gasteiger partial charge in [-0.3, -0.25) is 0 Å². The zero-order chi connectivity index (χ0) is 12.5. The van der Waals surface area contributed by atoms with Crippen LogP contribution in [0.15, 0.2) is 29.3 Å². The van der Waals surface area contributed by atoms with Crippen molar-refractivity contribution in [1.29, 1.82) is 0 Å². The number of phenolic OH excluding ortho intramolecular Hbond substituents is 1. The van der Waals surface area contributed by atoms with Gasteiger partial charge in [0.2, 0.25) is 5.90 Å². The van der Waals surface area contributed by atoms with Crippen molar-refractivity contribution in [1.82, 2.24) is 0 Å². The Bertz CT molecular complexity index is 473. The monoisotopic (exact) mass is 246 g/mol. The van der Waals surface area contributed by atoms with E-state index in [1.807, 2.05) is 12.1 Å². The molecule has 0 radical (unpaired) electrons. The van der Waals surface area contributed by atoms with Crippen molar-refractivity contribution in [2.75, 3.05) is 6.54 Å². The molecule has 96 valence electrons. The topological polar surface area (TPSA) is 67.8 Å². The molecule has 0 bridgehead atoms. The van der Waals surface area contributed by atoms with E-state index in [-0.39, 0.29) is 17.9 Å². The van der Waals surface area contributed by atoms with E-state index in [0.29, 0.717) is 17.4 Å². The molecule has 1 saturated carbocycles. The highest BCUT2D eigenvalue weighted by atomic mass is 16.5. The van der Waals surface area contributed by atoms with E-state index >= 15 is 0 Å². The number of nitrogens with zero attached hydrogens (tertiary/aromatic N) is 1. The van der Waals surface area contributed by atoms with E-state index in [1.165, 1.54) is 0 Å². The fraction of sp³-hybridized carbons (Fsp3) is 0.500. The molecule has 2 aliphatic rings. The van der Waals surface area contributed by atoms with E-state index in [2.05, 4.69) is 4.99 Å². The van der Waals surface area contributed by atoms with Gasteiger partial charge in [-0.25, -0.2) is 4.99 Å². The molecule has 0 saturated heterocycles. The minimum atomic E-state index is 0.141. The summed E-state index contributed by atoms with van der Waals surface area (Å²) in [5.41, 5.74) is 6.41. The second-order valence-corrected chi connectivity index (χ2v) is 5.09. The van der Waals surface area contributed by atoms with Crippen LogP contribution in [0.2, 0.25) is 0 Å². The quantitative estimate of drug-likeness (QED) is 0.834. The molecular formula is C14H18N2O2. The number of aromatic hydroxyl groups is 1. The maximum Gasteiger partial charge on any atom is 0.220 e. The highest BCUT2D eigenvalue weighted by Crippen LogP contribution is 2.34. The summed E-state index contributed by atoms with van der Waals surface area (Å²) in [6.07, 6.45) is 3.27. The standard InChI is InChI=1S/C14H18N2O2/c15-8-9-5-6-11-13(7-9)18-14(16-11)10-3-1-2-4-12(10)17/h1-4,9,11,13,17H,5-8,15H2. The van der Waals surface area contributed by atoms with E-state index in [4.69, 9.17) is 10.5 Å². The predicted molar refractivity (Wildman–Crippen MR) is 69.7 cm³/mol. The summed E-state index contributed by atoms with van der Waals surface area (Å²) in [5, 5.41) is 9.82. The van der Waals surface area contributed by atoms with Crippen LogP contribution in [0.1, 0.15) is 24.8 Å². The summed E-state index contributed by atoms with van der Waals surface area (Å²) >= 11 is 0. The first-order chi connectivity index (χ1) is 8.78. The number of benzene rings is 1. The first kappa shape index (κ1) is 11.5. The van der Waals surface area contributed by atoms with Gasteiger partial charge in [-0.1, -0.05) is 12.1 Å². The number of para-hydroxylation sites is 1. The molecule has 0 aromatic heterocycles. The van der Waals surface area contributed by atoms with Crippen LogP contribution in [-0.4, -0.2) is 29.7 Å². The first-order valence-corrected chi connectivity index (χ1v) is 6.51. The van der Waals surface area contributed by atoms with Crippen molar-refractivity contribution in [2.45, 2.75) is 31.4 Å². The van der Waals surface area contributed by atoms with Crippen molar-refractivity contribution in [3.8, 4) is 5.75 Å². The molecule has 1 fully saturated rings. The van der Waals surface area contributed by atoms with Crippen molar-refractivity contribution >= 4 is 5.90 Å². The van der Waals surface area contributed by atoms with Gasteiger partial charge in [0.05, 0.1) is 11.6 Å². The van der Waals surface area contributed by atoms with Crippen molar-refractivity contribution < 1.29 is 9.84 Å². The molecule has 1 aliphatic heterocycles. The molecule has 3 N–H and O–H groups in total. The molecule has 1 aromatic rings. The van der Waals surface area contributed by atoms with Crippen molar-refractivity contribution in [3.63, 3.8) is 0 Å². The van der Waals surface area contributed by atoms with Gasteiger partial charge in [-0.2, -0.15) is 0 Å². The van der Waals surface area contributed by atoms with Gasteiger partial charge in [-0.05, 0) is 43.9 Å². The van der Waals surface area contributed by atoms with Gasteiger partial charge in [0.25, 0.3) is 0 Å². The summed E-state index contributed by atoms with van der Waals surface area (Å²) < 4.78 is 5.90. The molecule has 0 amide bonds. The van der Waals surface area contributed by atoms with Crippen LogP contribution in [0.25, 0.3) is 0 Å². The molecule has 4 heteroatoms. The van der Waals surface area contributed by atoms with Gasteiger partial charge >= 0.3 is 0 Å². The maximum absolute atomic E-state index is 9.82. The average molecular weight is 246 g/mol. The number of hydrogen-bond donors (Lipinski definition) is 2. The molecule has 1 heterocycles. The van der Waals surface area contributed by atoms with Crippen molar-refractivity contribution in [2.24, 2.45) is 16.6 Å². The van der Waals surface area contributed by atoms with Gasteiger partial charge in [-0.15, -0.1) is 0 Å². The Hall–Kier alpha value is -1.55. The lowest BCUT2D eigenvalue weighted by Gasteiger charge is -2.28. The van der Waals surface area contributed by atoms with Crippen LogP contribution in [0.3, 0.4) is 0 Å². The summed E-state index contributed by atoms with van der Waals surface area (Å²) in [5.74, 6) is 1.36. The maximum atomic E-state index is 9.82. The molecule has 18 heavy (non-hydrogen) atoms. The summed E-state index contributed by atoms with van der Waals surface area (Å²) in [6, 6.07) is 7.41. The third kappa shape index (κ3) is 1.97. The zero-order valence-corrected chi connectivity index (χ0v) is 10.2. The zero-order valence-electron chi connectivity index (χ0n) is 10.2. The van der Waals surface area contributed by atoms with E-state index in [0.717, 1.165) is 25.8 Å². The Kier molecular flexibility index (Phi) is 2.96. The van der Waals surface area contributed by atoms with Crippen LogP contribution in [0.4, 0.5) is 0 Å². The van der Waals surface area contributed by atoms with Crippen LogP contribution >= 0.6 is 0 Å². The lowest BCUT2D eigenvalue weighted by molar-refractivity contribution is 0.123. The summed E-state index contributed by atoms with van der Waals surface area (Å²) in [7, 11) is 0. The molecule has 3 atom stereocenters. The summed E-state index contributed by atoms with van der Waals surface area (Å²) in [6.45, 7) is 0.721. The fourth-order valence-corrected chi connectivity index (χ4v) is 2.80. The Morgan fingerprint density at radius 2 is 2.17 bits per heavy atom. The average Bonchev–Trinajstić information content (AvgIpc) is 2.81. The predicted octanol–water partition coefficient (Wildman–Crippen LogP) is 1.67. The lowest BCUT2D eigenvalue weighted by Crippen LogP contribution is -2.34. The van der Waals surface area contributed by atoms with E-state index in [9.17, 15) is 5.11 Å². The van der Waals surface area contributed by atoms with Gasteiger partial charge in [0, 0.05) is 0 Å². The number of fused-ring (bicyclic) bond motifs is 1. The highest BCUT2D eigenvalue weighted by Gasteiger charge is 2.37. The second kappa shape index (κ2) is 4.61. The largest absolute Gasteiger partial charge is 0.507 e. The Morgan fingerprint density at radius 1 is 1.33 bits per heavy atom. The minimum Gasteiger partial charge on any atom is -0.507 e. The summed E-state index contributed by atoms with van der Waals surface area (Å²) in [4.78, 5) is 4.60. The third-order valence-corrected chi connectivity index (χ3v) is 3.88. The normalized spacial score (nSPS) is 30.5. The number of phenols is 1. The van der Waals surface area contributed by atoms with Crippen LogP contribution in [0.5, 0.6) is 5.75 Å². The Morgan fingerprint density at radius 3 is 2.94 bits per heavy atom. The number of hydrogen-bond acceptors (Lipinski definition) is 4. The molecule has 3 unspecified atom stereocenters. The molecule has 3 rings (SSSR count). The van der Waals surface area contributed by atoms with E-state index in [1.54, 1.807) is 12.1 Å². The van der Waals surface area contributed by atoms with Crippen LogP contribution < -0.4 is 5.73 Å². The van der Waals surface area contributed by atoms with Gasteiger partial charge < -0.3 is 15.6 Å². The van der Waals surface area contributed by atoms with Crippen LogP contribution in [0, 0.1) is 5.92 Å². The fourth-order valence-electron chi connectivity index (χ4n) is 2.80. The lowest BCUT2D eigenvalue weighted by atomic mass is 9.84.